The molecule has 1 N–H and O–H groups in total. The zero-order chi connectivity index (χ0) is 10.9. The third kappa shape index (κ3) is 1.84. The monoisotopic (exact) mass is 214 g/mol. The van der Waals surface area contributed by atoms with Gasteiger partial charge >= 0.3 is 0 Å². The third-order valence-electron chi connectivity index (χ3n) is 2.87. The van der Waals surface area contributed by atoms with Gasteiger partial charge in [-0.2, -0.15) is 8.78 Å². The number of aromatic nitrogens is 2. The molecule has 1 aliphatic carbocycles. The Labute approximate surface area is 86.2 Å². The second kappa shape index (κ2) is 3.81. The van der Waals surface area contributed by atoms with E-state index in [9.17, 15) is 13.9 Å². The summed E-state index contributed by atoms with van der Waals surface area (Å²) in [6, 6.07) is 0. The Kier molecular flexibility index (Phi) is 2.65. The third-order valence-corrected chi connectivity index (χ3v) is 2.87. The van der Waals surface area contributed by atoms with E-state index in [1.807, 2.05) is 0 Å². The summed E-state index contributed by atoms with van der Waals surface area (Å²) < 4.78 is 26.2. The lowest BCUT2D eigenvalue weighted by atomic mass is 9.82. The van der Waals surface area contributed by atoms with Crippen LogP contribution in [-0.2, 0) is 5.60 Å². The zero-order valence-corrected chi connectivity index (χ0v) is 8.21. The largest absolute Gasteiger partial charge is 0.383 e. The molecule has 1 aromatic rings. The lowest BCUT2D eigenvalue weighted by molar-refractivity contribution is -0.00892. The average molecular weight is 214 g/mol. The maximum absolute atomic E-state index is 13.4. The van der Waals surface area contributed by atoms with Gasteiger partial charge in [0.1, 0.15) is 17.6 Å². The molecule has 3 nitrogen and oxygen atoms in total. The van der Waals surface area contributed by atoms with E-state index >= 15 is 0 Å². The highest BCUT2D eigenvalue weighted by atomic mass is 19.2. The minimum absolute atomic E-state index is 0.199. The fraction of sp³-hybridized carbons (Fsp3) is 0.600. The number of halogens is 2. The van der Waals surface area contributed by atoms with E-state index in [1.54, 1.807) is 0 Å². The summed E-state index contributed by atoms with van der Waals surface area (Å²) in [4.78, 5) is 6.76. The van der Waals surface area contributed by atoms with Gasteiger partial charge in [-0.05, 0) is 12.8 Å². The summed E-state index contributed by atoms with van der Waals surface area (Å²) in [7, 11) is 0. The first-order chi connectivity index (χ1) is 7.13. The Morgan fingerprint density at radius 3 is 2.47 bits per heavy atom. The normalized spacial score (nSPS) is 20.2. The minimum Gasteiger partial charge on any atom is -0.383 e. The van der Waals surface area contributed by atoms with Gasteiger partial charge in [0.25, 0.3) is 5.95 Å². The van der Waals surface area contributed by atoms with Crippen molar-refractivity contribution >= 4 is 0 Å². The molecule has 0 aromatic carbocycles. The standard InChI is InChI=1S/C10H12F2N2O/c11-7-8(13-6-14-9(7)12)10(15)4-2-1-3-5-10/h6,15H,1-5H2. The van der Waals surface area contributed by atoms with Crippen molar-refractivity contribution in [2.45, 2.75) is 37.7 Å². The van der Waals surface area contributed by atoms with Crippen LogP contribution in [0, 0.1) is 11.8 Å². The lowest BCUT2D eigenvalue weighted by Gasteiger charge is -2.31. The summed E-state index contributed by atoms with van der Waals surface area (Å²) in [5, 5.41) is 10.2. The Bertz CT molecular complexity index is 364. The van der Waals surface area contributed by atoms with Crippen molar-refractivity contribution in [3.8, 4) is 0 Å². The number of nitrogens with zero attached hydrogens (tertiary/aromatic N) is 2. The second-order valence-corrected chi connectivity index (χ2v) is 3.92. The summed E-state index contributed by atoms with van der Waals surface area (Å²) in [5.74, 6) is -2.32. The predicted octanol–water partition coefficient (Wildman–Crippen LogP) is 1.91. The Morgan fingerprint density at radius 2 is 1.80 bits per heavy atom. The van der Waals surface area contributed by atoms with Gasteiger partial charge in [0.2, 0.25) is 5.82 Å². The molecule has 0 bridgehead atoms. The molecule has 1 saturated carbocycles. The van der Waals surface area contributed by atoms with Crippen molar-refractivity contribution < 1.29 is 13.9 Å². The predicted molar refractivity (Wildman–Crippen MR) is 48.9 cm³/mol. The van der Waals surface area contributed by atoms with Gasteiger partial charge in [-0.25, -0.2) is 9.97 Å². The van der Waals surface area contributed by atoms with Gasteiger partial charge in [0, 0.05) is 0 Å². The van der Waals surface area contributed by atoms with Gasteiger partial charge in [0.05, 0.1) is 0 Å². The smallest absolute Gasteiger partial charge is 0.252 e. The van der Waals surface area contributed by atoms with Crippen LogP contribution in [0.2, 0.25) is 0 Å². The van der Waals surface area contributed by atoms with E-state index in [-0.39, 0.29) is 5.69 Å². The van der Waals surface area contributed by atoms with E-state index < -0.39 is 17.4 Å². The summed E-state index contributed by atoms with van der Waals surface area (Å²) in [6.07, 6.45) is 4.43. The van der Waals surface area contributed by atoms with Crippen LogP contribution in [0.15, 0.2) is 6.33 Å². The van der Waals surface area contributed by atoms with Crippen molar-refractivity contribution in [2.75, 3.05) is 0 Å². The average Bonchev–Trinajstić information content (AvgIpc) is 2.23. The highest BCUT2D eigenvalue weighted by Crippen LogP contribution is 2.36. The fourth-order valence-electron chi connectivity index (χ4n) is 2.05. The molecule has 1 aliphatic rings. The highest BCUT2D eigenvalue weighted by Gasteiger charge is 2.36. The molecular formula is C10H12F2N2O. The molecule has 0 saturated heterocycles. The minimum atomic E-state index is -1.31. The summed E-state index contributed by atoms with van der Waals surface area (Å²) in [5.41, 5.74) is -1.51. The Morgan fingerprint density at radius 1 is 1.13 bits per heavy atom. The molecule has 0 unspecified atom stereocenters. The first-order valence-corrected chi connectivity index (χ1v) is 5.02. The van der Waals surface area contributed by atoms with Crippen LogP contribution in [0.3, 0.4) is 0 Å². The molecule has 82 valence electrons. The topological polar surface area (TPSA) is 46.0 Å². The molecule has 0 atom stereocenters. The molecule has 15 heavy (non-hydrogen) atoms. The molecular weight excluding hydrogens is 202 g/mol. The van der Waals surface area contributed by atoms with Crippen LogP contribution in [-0.4, -0.2) is 15.1 Å². The second-order valence-electron chi connectivity index (χ2n) is 3.92. The van der Waals surface area contributed by atoms with E-state index in [0.717, 1.165) is 25.6 Å². The van der Waals surface area contributed by atoms with Crippen LogP contribution in [0.4, 0.5) is 8.78 Å². The fourth-order valence-corrected chi connectivity index (χ4v) is 2.05. The number of hydrogen-bond donors (Lipinski definition) is 1. The number of aliphatic hydroxyl groups is 1. The lowest BCUT2D eigenvalue weighted by Crippen LogP contribution is -2.31. The van der Waals surface area contributed by atoms with Crippen LogP contribution in [0.25, 0.3) is 0 Å². The maximum atomic E-state index is 13.4. The Balaban J connectivity index is 2.39. The molecule has 1 fully saturated rings. The summed E-state index contributed by atoms with van der Waals surface area (Å²) >= 11 is 0. The van der Waals surface area contributed by atoms with Gasteiger partial charge in [-0.15, -0.1) is 0 Å². The molecule has 5 heteroatoms. The first-order valence-electron chi connectivity index (χ1n) is 5.02. The molecule has 0 aliphatic heterocycles. The van der Waals surface area contributed by atoms with Crippen molar-refractivity contribution in [1.82, 2.24) is 9.97 Å². The quantitative estimate of drug-likeness (QED) is 0.726. The van der Waals surface area contributed by atoms with Crippen molar-refractivity contribution in [1.29, 1.82) is 0 Å². The molecule has 0 amide bonds. The molecule has 2 rings (SSSR count). The van der Waals surface area contributed by atoms with Crippen LogP contribution in [0.5, 0.6) is 0 Å². The number of rotatable bonds is 1. The molecule has 0 spiro atoms. The van der Waals surface area contributed by atoms with E-state index in [2.05, 4.69) is 9.97 Å². The van der Waals surface area contributed by atoms with Crippen molar-refractivity contribution in [3.63, 3.8) is 0 Å². The first kappa shape index (κ1) is 10.4. The molecule has 0 radical (unpaired) electrons. The van der Waals surface area contributed by atoms with Crippen LogP contribution in [0.1, 0.15) is 37.8 Å². The van der Waals surface area contributed by atoms with E-state index in [0.29, 0.717) is 12.8 Å². The number of hydrogen-bond acceptors (Lipinski definition) is 3. The van der Waals surface area contributed by atoms with Crippen LogP contribution >= 0.6 is 0 Å². The molecule has 1 heterocycles. The molecule has 1 aromatic heterocycles. The summed E-state index contributed by atoms with van der Waals surface area (Å²) in [6.45, 7) is 0. The van der Waals surface area contributed by atoms with Gasteiger partial charge in [-0.1, -0.05) is 19.3 Å². The SMILES string of the molecule is OC1(c2ncnc(F)c2F)CCCCC1. The van der Waals surface area contributed by atoms with Crippen LogP contribution < -0.4 is 0 Å². The zero-order valence-electron chi connectivity index (χ0n) is 8.21. The van der Waals surface area contributed by atoms with E-state index in [4.69, 9.17) is 0 Å². The van der Waals surface area contributed by atoms with E-state index in [1.165, 1.54) is 0 Å². The van der Waals surface area contributed by atoms with Gasteiger partial charge in [-0.3, -0.25) is 0 Å². The Hall–Kier alpha value is -1.10. The van der Waals surface area contributed by atoms with Gasteiger partial charge < -0.3 is 5.11 Å². The maximum Gasteiger partial charge on any atom is 0.252 e. The van der Waals surface area contributed by atoms with Gasteiger partial charge in [0.15, 0.2) is 0 Å². The van der Waals surface area contributed by atoms with Crippen molar-refractivity contribution in [2.24, 2.45) is 0 Å². The van der Waals surface area contributed by atoms with Crippen molar-refractivity contribution in [3.05, 3.63) is 23.8 Å². The highest BCUT2D eigenvalue weighted by molar-refractivity contribution is 5.14.